The lowest BCUT2D eigenvalue weighted by Gasteiger charge is -2.14. The maximum absolute atomic E-state index is 12.4. The first kappa shape index (κ1) is 13.3. The monoisotopic (exact) mass is 267 g/mol. The molecule has 0 aliphatic heterocycles. The van der Waals surface area contributed by atoms with E-state index >= 15 is 0 Å². The van der Waals surface area contributed by atoms with Gasteiger partial charge in [-0.1, -0.05) is 29.8 Å². The molecule has 2 aromatic rings. The van der Waals surface area contributed by atoms with Gasteiger partial charge >= 0.3 is 6.36 Å². The van der Waals surface area contributed by atoms with Crippen LogP contribution in [0, 0.1) is 6.92 Å². The first-order valence-corrected chi connectivity index (χ1v) is 5.57. The largest absolute Gasteiger partial charge is 0.573 e. The molecule has 0 atom stereocenters. The van der Waals surface area contributed by atoms with Gasteiger partial charge in [-0.2, -0.15) is 0 Å². The van der Waals surface area contributed by atoms with Gasteiger partial charge in [0.1, 0.15) is 5.75 Å². The highest BCUT2D eigenvalue weighted by molar-refractivity contribution is 5.74. The second-order valence-electron chi connectivity index (χ2n) is 4.17. The lowest BCUT2D eigenvalue weighted by Crippen LogP contribution is -2.17. The number of benzene rings is 2. The molecular weight excluding hydrogens is 255 g/mol. The smallest absolute Gasteiger partial charge is 0.405 e. The van der Waals surface area contributed by atoms with E-state index in [1.165, 1.54) is 18.2 Å². The summed E-state index contributed by atoms with van der Waals surface area (Å²) in [7, 11) is 0. The standard InChI is InChI=1S/C14H12F3NO/c1-9-3-2-4-10(7-9)12-8-11(18)5-6-13(12)19-14(15,16)17/h2-8H,18H2,1H3. The predicted molar refractivity (Wildman–Crippen MR) is 67.7 cm³/mol. The summed E-state index contributed by atoms with van der Waals surface area (Å²) in [5, 5.41) is 0. The topological polar surface area (TPSA) is 35.2 Å². The zero-order valence-corrected chi connectivity index (χ0v) is 10.2. The molecule has 0 saturated carbocycles. The molecule has 0 aliphatic carbocycles. The molecule has 0 aliphatic rings. The second kappa shape index (κ2) is 4.84. The number of ether oxygens (including phenoxy) is 1. The van der Waals surface area contributed by atoms with Crippen molar-refractivity contribution in [2.45, 2.75) is 13.3 Å². The van der Waals surface area contributed by atoms with Gasteiger partial charge in [0.15, 0.2) is 0 Å². The summed E-state index contributed by atoms with van der Waals surface area (Å²) in [5.41, 5.74) is 7.90. The average molecular weight is 267 g/mol. The molecule has 0 saturated heterocycles. The number of anilines is 1. The third-order valence-corrected chi connectivity index (χ3v) is 2.56. The van der Waals surface area contributed by atoms with Gasteiger partial charge in [-0.25, -0.2) is 0 Å². The summed E-state index contributed by atoms with van der Waals surface area (Å²) < 4.78 is 41.1. The molecule has 0 heterocycles. The quantitative estimate of drug-likeness (QED) is 0.830. The van der Waals surface area contributed by atoms with Gasteiger partial charge in [-0.15, -0.1) is 13.2 Å². The van der Waals surface area contributed by atoms with Crippen LogP contribution in [0.3, 0.4) is 0 Å². The van der Waals surface area contributed by atoms with E-state index < -0.39 is 6.36 Å². The Bertz CT molecular complexity index is 593. The van der Waals surface area contributed by atoms with Gasteiger partial charge in [-0.05, 0) is 30.7 Å². The molecule has 2 aromatic carbocycles. The lowest BCUT2D eigenvalue weighted by atomic mass is 10.0. The van der Waals surface area contributed by atoms with E-state index in [1.807, 2.05) is 13.0 Å². The molecule has 2 N–H and O–H groups in total. The number of hydrogen-bond donors (Lipinski definition) is 1. The first-order chi connectivity index (χ1) is 8.85. The Balaban J connectivity index is 2.51. The molecule has 0 unspecified atom stereocenters. The lowest BCUT2D eigenvalue weighted by molar-refractivity contribution is -0.274. The average Bonchev–Trinajstić information content (AvgIpc) is 2.30. The van der Waals surface area contributed by atoms with Crippen LogP contribution < -0.4 is 10.5 Å². The van der Waals surface area contributed by atoms with Gasteiger partial charge in [0, 0.05) is 11.3 Å². The van der Waals surface area contributed by atoms with Gasteiger partial charge in [-0.3, -0.25) is 0 Å². The van der Waals surface area contributed by atoms with Crippen molar-refractivity contribution in [3.8, 4) is 16.9 Å². The Morgan fingerprint density at radius 3 is 2.42 bits per heavy atom. The fraction of sp³-hybridized carbons (Fsp3) is 0.143. The molecule has 0 spiro atoms. The van der Waals surface area contributed by atoms with E-state index in [2.05, 4.69) is 4.74 Å². The van der Waals surface area contributed by atoms with E-state index in [4.69, 9.17) is 5.73 Å². The molecule has 0 amide bonds. The molecule has 19 heavy (non-hydrogen) atoms. The molecule has 100 valence electrons. The predicted octanol–water partition coefficient (Wildman–Crippen LogP) is 4.14. The minimum absolute atomic E-state index is 0.257. The van der Waals surface area contributed by atoms with Crippen LogP contribution in [0.4, 0.5) is 18.9 Å². The van der Waals surface area contributed by atoms with Gasteiger partial charge < -0.3 is 10.5 Å². The molecular formula is C14H12F3NO. The van der Waals surface area contributed by atoms with E-state index in [1.54, 1.807) is 18.2 Å². The number of hydrogen-bond acceptors (Lipinski definition) is 2. The highest BCUT2D eigenvalue weighted by atomic mass is 19.4. The van der Waals surface area contributed by atoms with Crippen molar-refractivity contribution >= 4 is 5.69 Å². The Morgan fingerprint density at radius 2 is 1.79 bits per heavy atom. The number of aryl methyl sites for hydroxylation is 1. The summed E-state index contributed by atoms with van der Waals surface area (Å²) >= 11 is 0. The van der Waals surface area contributed by atoms with Crippen molar-refractivity contribution in [3.05, 3.63) is 48.0 Å². The molecule has 0 fully saturated rings. The van der Waals surface area contributed by atoms with E-state index in [0.29, 0.717) is 16.8 Å². The van der Waals surface area contributed by atoms with Crippen LogP contribution in [0.2, 0.25) is 0 Å². The maximum atomic E-state index is 12.4. The number of rotatable bonds is 2. The Morgan fingerprint density at radius 1 is 1.05 bits per heavy atom. The molecule has 0 radical (unpaired) electrons. The van der Waals surface area contributed by atoms with Crippen LogP contribution in [0.1, 0.15) is 5.56 Å². The number of nitrogen functional groups attached to an aromatic ring is 1. The van der Waals surface area contributed by atoms with Crippen LogP contribution in [-0.2, 0) is 0 Å². The Labute approximate surface area is 108 Å². The molecule has 5 heteroatoms. The van der Waals surface area contributed by atoms with Crippen LogP contribution in [0.15, 0.2) is 42.5 Å². The van der Waals surface area contributed by atoms with Gasteiger partial charge in [0.2, 0.25) is 0 Å². The third-order valence-electron chi connectivity index (χ3n) is 2.56. The minimum atomic E-state index is -4.73. The molecule has 2 nitrogen and oxygen atoms in total. The number of halogens is 3. The fourth-order valence-corrected chi connectivity index (χ4v) is 1.80. The van der Waals surface area contributed by atoms with Crippen molar-refractivity contribution < 1.29 is 17.9 Å². The van der Waals surface area contributed by atoms with Crippen molar-refractivity contribution in [2.75, 3.05) is 5.73 Å². The Hall–Kier alpha value is -2.17. The van der Waals surface area contributed by atoms with Crippen LogP contribution in [-0.4, -0.2) is 6.36 Å². The van der Waals surface area contributed by atoms with Gasteiger partial charge in [0.05, 0.1) is 0 Å². The SMILES string of the molecule is Cc1cccc(-c2cc(N)ccc2OC(F)(F)F)c1. The minimum Gasteiger partial charge on any atom is -0.405 e. The highest BCUT2D eigenvalue weighted by Crippen LogP contribution is 2.35. The van der Waals surface area contributed by atoms with Crippen LogP contribution >= 0.6 is 0 Å². The molecule has 0 bridgehead atoms. The summed E-state index contributed by atoms with van der Waals surface area (Å²) in [5.74, 6) is -0.257. The number of alkyl halides is 3. The highest BCUT2D eigenvalue weighted by Gasteiger charge is 2.32. The van der Waals surface area contributed by atoms with Crippen LogP contribution in [0.25, 0.3) is 11.1 Å². The van der Waals surface area contributed by atoms with Crippen molar-refractivity contribution in [2.24, 2.45) is 0 Å². The second-order valence-corrected chi connectivity index (χ2v) is 4.17. The summed E-state index contributed by atoms with van der Waals surface area (Å²) in [6.45, 7) is 1.86. The maximum Gasteiger partial charge on any atom is 0.573 e. The normalized spacial score (nSPS) is 11.4. The van der Waals surface area contributed by atoms with E-state index in [9.17, 15) is 13.2 Å². The number of nitrogens with two attached hydrogens (primary N) is 1. The fourth-order valence-electron chi connectivity index (χ4n) is 1.80. The molecule has 2 rings (SSSR count). The van der Waals surface area contributed by atoms with Crippen molar-refractivity contribution in [1.82, 2.24) is 0 Å². The van der Waals surface area contributed by atoms with E-state index in [-0.39, 0.29) is 5.75 Å². The van der Waals surface area contributed by atoms with Crippen molar-refractivity contribution in [1.29, 1.82) is 0 Å². The summed E-state index contributed by atoms with van der Waals surface area (Å²) in [6.07, 6.45) is -4.73. The van der Waals surface area contributed by atoms with Crippen molar-refractivity contribution in [3.63, 3.8) is 0 Å². The van der Waals surface area contributed by atoms with Crippen LogP contribution in [0.5, 0.6) is 5.75 Å². The summed E-state index contributed by atoms with van der Waals surface area (Å²) in [4.78, 5) is 0. The Kier molecular flexibility index (Phi) is 3.38. The third kappa shape index (κ3) is 3.40. The zero-order valence-electron chi connectivity index (χ0n) is 10.2. The zero-order chi connectivity index (χ0) is 14.0. The first-order valence-electron chi connectivity index (χ1n) is 5.57. The van der Waals surface area contributed by atoms with E-state index in [0.717, 1.165) is 5.56 Å². The van der Waals surface area contributed by atoms with Gasteiger partial charge in [0.25, 0.3) is 0 Å². The molecule has 0 aromatic heterocycles. The summed E-state index contributed by atoms with van der Waals surface area (Å²) in [6, 6.07) is 11.2.